The number of hydrogen-bond acceptors (Lipinski definition) is 3. The molecule has 0 amide bonds. The summed E-state index contributed by atoms with van der Waals surface area (Å²) in [7, 11) is 0. The Bertz CT molecular complexity index is 391. The van der Waals surface area contributed by atoms with Crippen molar-refractivity contribution in [3.63, 3.8) is 0 Å². The minimum Gasteiger partial charge on any atom is -0.387 e. The molecule has 0 aromatic heterocycles. The molecule has 1 aromatic rings. The highest BCUT2D eigenvalue weighted by Crippen LogP contribution is 2.26. The largest absolute Gasteiger partial charge is 0.387 e. The quantitative estimate of drug-likeness (QED) is 0.912. The molecule has 1 fully saturated rings. The van der Waals surface area contributed by atoms with E-state index in [4.69, 9.17) is 0 Å². The van der Waals surface area contributed by atoms with Gasteiger partial charge >= 0.3 is 0 Å². The molecule has 3 unspecified atom stereocenters. The fraction of sp³-hybridized carbons (Fsp3) is 0.571. The lowest BCUT2D eigenvalue weighted by Gasteiger charge is -2.35. The van der Waals surface area contributed by atoms with Gasteiger partial charge in [0, 0.05) is 35.7 Å². The molecule has 1 aromatic carbocycles. The molecular formula is C14H20FNOS. The van der Waals surface area contributed by atoms with E-state index in [2.05, 4.69) is 18.7 Å². The van der Waals surface area contributed by atoms with Crippen molar-refractivity contribution in [2.24, 2.45) is 0 Å². The highest BCUT2D eigenvalue weighted by Gasteiger charge is 2.24. The summed E-state index contributed by atoms with van der Waals surface area (Å²) in [5.74, 6) is -0.322. The van der Waals surface area contributed by atoms with Gasteiger partial charge < -0.3 is 5.11 Å². The Labute approximate surface area is 112 Å². The van der Waals surface area contributed by atoms with Crippen LogP contribution in [0.5, 0.6) is 0 Å². The molecule has 18 heavy (non-hydrogen) atoms. The first-order valence-corrected chi connectivity index (χ1v) is 7.31. The Morgan fingerprint density at radius 1 is 1.33 bits per heavy atom. The zero-order chi connectivity index (χ0) is 13.1. The first-order chi connectivity index (χ1) is 8.56. The Kier molecular flexibility index (Phi) is 4.65. The van der Waals surface area contributed by atoms with E-state index in [-0.39, 0.29) is 5.82 Å². The first-order valence-electron chi connectivity index (χ1n) is 6.36. The number of β-amino-alcohol motifs (C(OH)–C–C–N with tert-alkyl or cyclic N) is 1. The van der Waals surface area contributed by atoms with Crippen molar-refractivity contribution in [3.8, 4) is 0 Å². The Morgan fingerprint density at radius 2 is 1.94 bits per heavy atom. The number of rotatable bonds is 3. The number of aliphatic hydroxyl groups is 1. The maximum atomic E-state index is 13.6. The maximum Gasteiger partial charge on any atom is 0.129 e. The van der Waals surface area contributed by atoms with Crippen molar-refractivity contribution in [1.29, 1.82) is 0 Å². The van der Waals surface area contributed by atoms with Crippen molar-refractivity contribution in [1.82, 2.24) is 4.90 Å². The van der Waals surface area contributed by atoms with E-state index >= 15 is 0 Å². The molecule has 1 aliphatic rings. The van der Waals surface area contributed by atoms with Crippen LogP contribution in [0.2, 0.25) is 0 Å². The smallest absolute Gasteiger partial charge is 0.129 e. The lowest BCUT2D eigenvalue weighted by atomic mass is 10.1. The normalized spacial score (nSPS) is 27.1. The number of aliphatic hydroxyl groups excluding tert-OH is 1. The fourth-order valence-electron chi connectivity index (χ4n) is 2.52. The average Bonchev–Trinajstić information content (AvgIpc) is 2.27. The number of thioether (sulfide) groups is 1. The summed E-state index contributed by atoms with van der Waals surface area (Å²) in [6.45, 7) is 6.82. The Hall–Kier alpha value is -0.580. The van der Waals surface area contributed by atoms with Gasteiger partial charge in [-0.15, -0.1) is 0 Å². The van der Waals surface area contributed by atoms with Crippen LogP contribution in [0.1, 0.15) is 25.5 Å². The van der Waals surface area contributed by atoms with Gasteiger partial charge in [-0.3, -0.25) is 4.90 Å². The highest BCUT2D eigenvalue weighted by molar-refractivity contribution is 8.00. The van der Waals surface area contributed by atoms with Gasteiger partial charge in [-0.05, 0) is 6.07 Å². The van der Waals surface area contributed by atoms with Crippen molar-refractivity contribution >= 4 is 11.8 Å². The number of halogens is 1. The zero-order valence-electron chi connectivity index (χ0n) is 10.8. The van der Waals surface area contributed by atoms with Crippen LogP contribution in [0.3, 0.4) is 0 Å². The molecule has 0 radical (unpaired) electrons. The van der Waals surface area contributed by atoms with Gasteiger partial charge in [0.1, 0.15) is 5.82 Å². The van der Waals surface area contributed by atoms with Gasteiger partial charge in [0.05, 0.1) is 6.10 Å². The topological polar surface area (TPSA) is 23.5 Å². The molecule has 4 heteroatoms. The molecule has 1 aliphatic heterocycles. The van der Waals surface area contributed by atoms with E-state index in [9.17, 15) is 9.50 Å². The second-order valence-electron chi connectivity index (χ2n) is 5.01. The summed E-state index contributed by atoms with van der Waals surface area (Å²) in [5.41, 5.74) is 0.399. The van der Waals surface area contributed by atoms with E-state index in [1.54, 1.807) is 18.2 Å². The van der Waals surface area contributed by atoms with E-state index in [1.807, 2.05) is 11.8 Å². The van der Waals surface area contributed by atoms with Crippen LogP contribution in [-0.2, 0) is 0 Å². The molecule has 0 saturated carbocycles. The van der Waals surface area contributed by atoms with Crippen molar-refractivity contribution < 1.29 is 9.50 Å². The second-order valence-corrected chi connectivity index (χ2v) is 6.89. The molecule has 2 rings (SSSR count). The van der Waals surface area contributed by atoms with Crippen LogP contribution in [0, 0.1) is 5.82 Å². The Morgan fingerprint density at radius 3 is 2.56 bits per heavy atom. The highest BCUT2D eigenvalue weighted by atomic mass is 32.2. The Balaban J connectivity index is 1.99. The third-order valence-electron chi connectivity index (χ3n) is 3.19. The molecule has 0 bridgehead atoms. The number of benzene rings is 1. The van der Waals surface area contributed by atoms with Gasteiger partial charge in [-0.1, -0.05) is 32.0 Å². The number of nitrogens with zero attached hydrogens (tertiary/aromatic N) is 1. The van der Waals surface area contributed by atoms with Crippen molar-refractivity contribution in [2.75, 3.05) is 19.6 Å². The second kappa shape index (κ2) is 6.04. The molecule has 1 N–H and O–H groups in total. The van der Waals surface area contributed by atoms with Gasteiger partial charge in [0.15, 0.2) is 0 Å². The van der Waals surface area contributed by atoms with Crippen molar-refractivity contribution in [2.45, 2.75) is 30.5 Å². The van der Waals surface area contributed by atoms with Gasteiger partial charge in [0.2, 0.25) is 0 Å². The van der Waals surface area contributed by atoms with E-state index in [1.165, 1.54) is 6.07 Å². The van der Waals surface area contributed by atoms with Gasteiger partial charge in [-0.2, -0.15) is 11.8 Å². The molecule has 100 valence electrons. The van der Waals surface area contributed by atoms with Gasteiger partial charge in [-0.25, -0.2) is 4.39 Å². The summed E-state index contributed by atoms with van der Waals surface area (Å²) < 4.78 is 13.6. The van der Waals surface area contributed by atoms with Crippen LogP contribution >= 0.6 is 11.8 Å². The zero-order valence-corrected chi connectivity index (χ0v) is 11.7. The average molecular weight is 269 g/mol. The molecule has 2 nitrogen and oxygen atoms in total. The summed E-state index contributed by atoms with van der Waals surface area (Å²) >= 11 is 1.97. The summed E-state index contributed by atoms with van der Waals surface area (Å²) in [4.78, 5) is 2.23. The van der Waals surface area contributed by atoms with Crippen LogP contribution in [0.25, 0.3) is 0 Å². The predicted molar refractivity (Wildman–Crippen MR) is 74.3 cm³/mol. The first kappa shape index (κ1) is 13.8. The summed E-state index contributed by atoms with van der Waals surface area (Å²) in [6, 6.07) is 6.47. The standard InChI is InChI=1S/C14H20FNOS/c1-10-7-16(8-11(2)18-10)9-14(17)12-5-3-4-6-13(12)15/h3-6,10-11,14,17H,7-9H2,1-2H3. The van der Waals surface area contributed by atoms with Crippen LogP contribution in [0.4, 0.5) is 4.39 Å². The van der Waals surface area contributed by atoms with E-state index in [0.717, 1.165) is 13.1 Å². The third-order valence-corrected chi connectivity index (χ3v) is 4.42. The SMILES string of the molecule is CC1CN(CC(O)c2ccccc2F)CC(C)S1. The monoisotopic (exact) mass is 269 g/mol. The molecule has 0 aliphatic carbocycles. The van der Waals surface area contributed by atoms with Crippen LogP contribution < -0.4 is 0 Å². The lowest BCUT2D eigenvalue weighted by molar-refractivity contribution is 0.109. The lowest BCUT2D eigenvalue weighted by Crippen LogP contribution is -2.42. The van der Waals surface area contributed by atoms with Crippen LogP contribution in [0.15, 0.2) is 24.3 Å². The number of hydrogen-bond donors (Lipinski definition) is 1. The molecule has 3 atom stereocenters. The van der Waals surface area contributed by atoms with Crippen molar-refractivity contribution in [3.05, 3.63) is 35.6 Å². The molecule has 1 heterocycles. The fourth-order valence-corrected chi connectivity index (χ4v) is 3.91. The van der Waals surface area contributed by atoms with E-state index in [0.29, 0.717) is 22.6 Å². The summed E-state index contributed by atoms with van der Waals surface area (Å²) in [5, 5.41) is 11.3. The molecule has 0 spiro atoms. The summed E-state index contributed by atoms with van der Waals surface area (Å²) in [6.07, 6.45) is -0.742. The predicted octanol–water partition coefficient (Wildman–Crippen LogP) is 2.68. The van der Waals surface area contributed by atoms with E-state index < -0.39 is 6.10 Å². The third kappa shape index (κ3) is 3.46. The minimum atomic E-state index is -0.742. The minimum absolute atomic E-state index is 0.322. The van der Waals surface area contributed by atoms with Crippen LogP contribution in [-0.4, -0.2) is 40.1 Å². The molecular weight excluding hydrogens is 249 g/mol. The van der Waals surface area contributed by atoms with Gasteiger partial charge in [0.25, 0.3) is 0 Å². The molecule has 1 saturated heterocycles. The maximum absolute atomic E-state index is 13.6.